The largest absolute Gasteiger partial charge is 0.304 e. The number of terminal acetylenes is 1. The fraction of sp³-hybridized carbons (Fsp3) is 0.333. The minimum absolute atomic E-state index is 0.0950. The van der Waals surface area contributed by atoms with Gasteiger partial charge in [-0.15, -0.1) is 6.42 Å². The summed E-state index contributed by atoms with van der Waals surface area (Å²) < 4.78 is 0. The molecule has 14 heavy (non-hydrogen) atoms. The lowest BCUT2D eigenvalue weighted by Gasteiger charge is -2.15. The number of hydrogen-bond donors (Lipinski definition) is 1. The molecule has 0 aliphatic heterocycles. The Morgan fingerprint density at radius 3 is 2.71 bits per heavy atom. The molecule has 0 atom stereocenters. The molecule has 0 radical (unpaired) electrons. The third-order valence-electron chi connectivity index (χ3n) is 2.87. The van der Waals surface area contributed by atoms with Gasteiger partial charge < -0.3 is 4.84 Å². The molecule has 2 nitrogen and oxygen atoms in total. The van der Waals surface area contributed by atoms with Crippen molar-refractivity contribution in [2.24, 2.45) is 5.90 Å². The highest BCUT2D eigenvalue weighted by atomic mass is 16.6. The van der Waals surface area contributed by atoms with Crippen LogP contribution in [-0.4, -0.2) is 6.61 Å². The minimum atomic E-state index is 0.0950. The molecule has 0 heterocycles. The topological polar surface area (TPSA) is 35.2 Å². The fourth-order valence-electron chi connectivity index (χ4n) is 1.87. The van der Waals surface area contributed by atoms with Crippen LogP contribution in [0.3, 0.4) is 0 Å². The zero-order chi connectivity index (χ0) is 10.0. The van der Waals surface area contributed by atoms with Crippen LogP contribution in [0.5, 0.6) is 0 Å². The van der Waals surface area contributed by atoms with Gasteiger partial charge >= 0.3 is 0 Å². The van der Waals surface area contributed by atoms with E-state index in [2.05, 4.69) is 12.0 Å². The average Bonchev–Trinajstić information content (AvgIpc) is 2.99. The predicted molar refractivity (Wildman–Crippen MR) is 55.4 cm³/mol. The molecule has 1 fully saturated rings. The number of rotatable bonds is 3. The summed E-state index contributed by atoms with van der Waals surface area (Å²) in [6.45, 7) is 0.561. The van der Waals surface area contributed by atoms with Gasteiger partial charge in [0.05, 0.1) is 6.61 Å². The van der Waals surface area contributed by atoms with Gasteiger partial charge in [-0.3, -0.25) is 0 Å². The van der Waals surface area contributed by atoms with Crippen LogP contribution in [0, 0.1) is 12.3 Å². The molecule has 0 bridgehead atoms. The van der Waals surface area contributed by atoms with E-state index in [-0.39, 0.29) is 5.41 Å². The van der Waals surface area contributed by atoms with E-state index >= 15 is 0 Å². The SMILES string of the molecule is C#Cc1ccccc1C1(CON)CC1. The van der Waals surface area contributed by atoms with Gasteiger partial charge in [-0.05, 0) is 24.5 Å². The van der Waals surface area contributed by atoms with Crippen LogP contribution in [0.2, 0.25) is 0 Å². The van der Waals surface area contributed by atoms with E-state index in [0.29, 0.717) is 6.61 Å². The van der Waals surface area contributed by atoms with Gasteiger partial charge in [-0.25, -0.2) is 5.90 Å². The summed E-state index contributed by atoms with van der Waals surface area (Å²) in [5, 5.41) is 0. The van der Waals surface area contributed by atoms with Crippen LogP contribution in [-0.2, 0) is 10.3 Å². The first-order chi connectivity index (χ1) is 6.82. The Morgan fingerprint density at radius 2 is 2.14 bits per heavy atom. The molecule has 1 aromatic carbocycles. The van der Waals surface area contributed by atoms with Crippen molar-refractivity contribution < 1.29 is 4.84 Å². The van der Waals surface area contributed by atoms with Crippen LogP contribution >= 0.6 is 0 Å². The predicted octanol–water partition coefficient (Wildman–Crippen LogP) is 1.59. The summed E-state index contributed by atoms with van der Waals surface area (Å²) in [6.07, 6.45) is 7.68. The van der Waals surface area contributed by atoms with Gasteiger partial charge in [0.15, 0.2) is 0 Å². The maximum absolute atomic E-state index is 5.45. The van der Waals surface area contributed by atoms with Crippen molar-refractivity contribution in [2.45, 2.75) is 18.3 Å². The Bertz CT molecular complexity index is 374. The van der Waals surface area contributed by atoms with E-state index < -0.39 is 0 Å². The fourth-order valence-corrected chi connectivity index (χ4v) is 1.87. The van der Waals surface area contributed by atoms with Gasteiger partial charge in [0.2, 0.25) is 0 Å². The van der Waals surface area contributed by atoms with Crippen LogP contribution in [0.1, 0.15) is 24.0 Å². The molecule has 1 aromatic rings. The van der Waals surface area contributed by atoms with Crippen LogP contribution in [0.15, 0.2) is 24.3 Å². The summed E-state index contributed by atoms with van der Waals surface area (Å²) in [5.41, 5.74) is 2.26. The molecule has 2 rings (SSSR count). The number of hydrogen-bond acceptors (Lipinski definition) is 2. The average molecular weight is 187 g/mol. The quantitative estimate of drug-likeness (QED) is 0.576. The first kappa shape index (κ1) is 9.26. The number of nitrogens with two attached hydrogens (primary N) is 1. The normalized spacial score (nSPS) is 17.4. The van der Waals surface area contributed by atoms with Crippen molar-refractivity contribution in [3.63, 3.8) is 0 Å². The highest BCUT2D eigenvalue weighted by molar-refractivity contribution is 5.46. The van der Waals surface area contributed by atoms with Crippen molar-refractivity contribution in [1.82, 2.24) is 0 Å². The van der Waals surface area contributed by atoms with Crippen LogP contribution in [0.4, 0.5) is 0 Å². The second kappa shape index (κ2) is 3.45. The summed E-state index contributed by atoms with van der Waals surface area (Å²) in [4.78, 5) is 4.75. The van der Waals surface area contributed by atoms with Crippen molar-refractivity contribution in [1.29, 1.82) is 0 Å². The first-order valence-corrected chi connectivity index (χ1v) is 4.70. The van der Waals surface area contributed by atoms with E-state index in [0.717, 1.165) is 18.4 Å². The first-order valence-electron chi connectivity index (χ1n) is 4.70. The monoisotopic (exact) mass is 187 g/mol. The lowest BCUT2D eigenvalue weighted by atomic mass is 9.92. The third kappa shape index (κ3) is 1.41. The Balaban J connectivity index is 2.37. The molecular formula is C12H13NO. The smallest absolute Gasteiger partial charge is 0.0776 e. The molecule has 0 unspecified atom stereocenters. The standard InChI is InChI=1S/C12H13NO/c1-2-10-5-3-4-6-11(10)12(7-8-12)9-14-13/h1,3-6H,7-9,13H2. The molecule has 0 amide bonds. The molecule has 2 N–H and O–H groups in total. The van der Waals surface area contributed by atoms with E-state index in [1.54, 1.807) is 0 Å². The van der Waals surface area contributed by atoms with E-state index in [9.17, 15) is 0 Å². The van der Waals surface area contributed by atoms with Gasteiger partial charge in [0.1, 0.15) is 0 Å². The van der Waals surface area contributed by atoms with Gasteiger partial charge in [0, 0.05) is 11.0 Å². The van der Waals surface area contributed by atoms with E-state index in [1.807, 2.05) is 18.2 Å². The van der Waals surface area contributed by atoms with Crippen molar-refractivity contribution in [3.8, 4) is 12.3 Å². The lowest BCUT2D eigenvalue weighted by molar-refractivity contribution is 0.116. The zero-order valence-electron chi connectivity index (χ0n) is 7.99. The van der Waals surface area contributed by atoms with Crippen molar-refractivity contribution in [2.75, 3.05) is 6.61 Å². The molecule has 72 valence electrons. The summed E-state index contributed by atoms with van der Waals surface area (Å²) in [6, 6.07) is 8.00. The molecule has 0 aromatic heterocycles. The summed E-state index contributed by atoms with van der Waals surface area (Å²) in [7, 11) is 0. The van der Waals surface area contributed by atoms with E-state index in [1.165, 1.54) is 5.56 Å². The summed E-state index contributed by atoms with van der Waals surface area (Å²) >= 11 is 0. The molecule has 1 aliphatic carbocycles. The Hall–Kier alpha value is -1.30. The highest BCUT2D eigenvalue weighted by Crippen LogP contribution is 2.49. The molecule has 1 aliphatic rings. The second-order valence-electron chi connectivity index (χ2n) is 3.78. The van der Waals surface area contributed by atoms with Crippen molar-refractivity contribution in [3.05, 3.63) is 35.4 Å². The molecule has 1 saturated carbocycles. The maximum atomic E-state index is 5.45. The van der Waals surface area contributed by atoms with Crippen LogP contribution in [0.25, 0.3) is 0 Å². The zero-order valence-corrected chi connectivity index (χ0v) is 7.99. The second-order valence-corrected chi connectivity index (χ2v) is 3.78. The molecule has 2 heteroatoms. The van der Waals surface area contributed by atoms with E-state index in [4.69, 9.17) is 17.2 Å². The number of benzene rings is 1. The molecular weight excluding hydrogens is 174 g/mol. The minimum Gasteiger partial charge on any atom is -0.304 e. The third-order valence-corrected chi connectivity index (χ3v) is 2.87. The van der Waals surface area contributed by atoms with Crippen molar-refractivity contribution >= 4 is 0 Å². The molecule has 0 spiro atoms. The Kier molecular flexibility index (Phi) is 2.28. The maximum Gasteiger partial charge on any atom is 0.0776 e. The Morgan fingerprint density at radius 1 is 1.43 bits per heavy atom. The van der Waals surface area contributed by atoms with Crippen LogP contribution < -0.4 is 5.90 Å². The van der Waals surface area contributed by atoms with Gasteiger partial charge in [-0.1, -0.05) is 24.1 Å². The van der Waals surface area contributed by atoms with Gasteiger partial charge in [-0.2, -0.15) is 0 Å². The summed E-state index contributed by atoms with van der Waals surface area (Å²) in [5.74, 6) is 7.84. The lowest BCUT2D eigenvalue weighted by Crippen LogP contribution is -2.19. The van der Waals surface area contributed by atoms with Gasteiger partial charge in [0.25, 0.3) is 0 Å². The Labute approximate surface area is 84.0 Å². The molecule has 0 saturated heterocycles. The highest BCUT2D eigenvalue weighted by Gasteiger charge is 2.45.